The van der Waals surface area contributed by atoms with E-state index in [0.29, 0.717) is 19.6 Å². The molecular formula is C13H15BrO3. The van der Waals surface area contributed by atoms with E-state index in [1.807, 2.05) is 24.3 Å². The molecule has 2 unspecified atom stereocenters. The molecule has 0 saturated carbocycles. The normalized spacial score (nSPS) is 25.2. The van der Waals surface area contributed by atoms with Crippen LogP contribution in [0.1, 0.15) is 24.3 Å². The molecule has 0 amide bonds. The molecule has 92 valence electrons. The fraction of sp³-hybridized carbons (Fsp3) is 0.462. The molecule has 1 aliphatic rings. The van der Waals surface area contributed by atoms with E-state index in [1.54, 1.807) is 0 Å². The zero-order valence-electron chi connectivity index (χ0n) is 9.43. The summed E-state index contributed by atoms with van der Waals surface area (Å²) in [5, 5.41) is 9.30. The molecule has 1 heterocycles. The number of hydrogen-bond donors (Lipinski definition) is 1. The Labute approximate surface area is 109 Å². The summed E-state index contributed by atoms with van der Waals surface area (Å²) in [6.45, 7) is 1.18. The van der Waals surface area contributed by atoms with Crippen LogP contribution in [0.3, 0.4) is 0 Å². The molecule has 0 aliphatic carbocycles. The molecule has 1 aromatic carbocycles. The highest BCUT2D eigenvalue weighted by atomic mass is 79.9. The molecule has 2 rings (SSSR count). The lowest BCUT2D eigenvalue weighted by atomic mass is 9.82. The summed E-state index contributed by atoms with van der Waals surface area (Å²) < 4.78 is 6.37. The molecule has 0 spiro atoms. The van der Waals surface area contributed by atoms with Gasteiger partial charge in [-0.05, 0) is 36.5 Å². The summed E-state index contributed by atoms with van der Waals surface area (Å²) in [5.74, 6) is -1.01. The van der Waals surface area contributed by atoms with Crippen LogP contribution in [-0.2, 0) is 9.53 Å². The van der Waals surface area contributed by atoms with E-state index in [9.17, 15) is 9.90 Å². The second kappa shape index (κ2) is 5.65. The van der Waals surface area contributed by atoms with Crippen LogP contribution in [0, 0.1) is 5.92 Å². The minimum Gasteiger partial charge on any atom is -0.481 e. The number of carboxylic acids is 1. The van der Waals surface area contributed by atoms with Crippen molar-refractivity contribution >= 4 is 21.9 Å². The third-order valence-electron chi connectivity index (χ3n) is 3.23. The fourth-order valence-electron chi connectivity index (χ4n) is 2.36. The summed E-state index contributed by atoms with van der Waals surface area (Å²) in [4.78, 5) is 11.3. The molecule has 4 heteroatoms. The maximum atomic E-state index is 11.3. The van der Waals surface area contributed by atoms with Gasteiger partial charge in [0, 0.05) is 17.7 Å². The van der Waals surface area contributed by atoms with E-state index >= 15 is 0 Å². The predicted molar refractivity (Wildman–Crippen MR) is 68.1 cm³/mol. The number of carboxylic acid groups (broad SMARTS) is 1. The minimum absolute atomic E-state index is 0.0486. The lowest BCUT2D eigenvalue weighted by Crippen LogP contribution is -2.22. The van der Waals surface area contributed by atoms with Crippen molar-refractivity contribution in [3.63, 3.8) is 0 Å². The van der Waals surface area contributed by atoms with Crippen LogP contribution in [-0.4, -0.2) is 24.3 Å². The molecule has 1 fully saturated rings. The number of aliphatic carboxylic acids is 1. The molecule has 17 heavy (non-hydrogen) atoms. The average molecular weight is 299 g/mol. The lowest BCUT2D eigenvalue weighted by Gasteiger charge is -2.21. The van der Waals surface area contributed by atoms with E-state index in [-0.39, 0.29) is 11.8 Å². The number of carbonyl (C=O) groups is 1. The molecule has 1 aliphatic heterocycles. The van der Waals surface area contributed by atoms with Gasteiger partial charge in [-0.1, -0.05) is 28.1 Å². The van der Waals surface area contributed by atoms with Crippen molar-refractivity contribution in [2.45, 2.75) is 18.8 Å². The number of halogens is 1. The van der Waals surface area contributed by atoms with Gasteiger partial charge >= 0.3 is 5.97 Å². The number of benzene rings is 1. The third kappa shape index (κ3) is 3.07. The maximum absolute atomic E-state index is 11.3. The molecule has 0 radical (unpaired) electrons. The number of ether oxygens (including phenoxy) is 1. The Morgan fingerprint density at radius 2 is 2.12 bits per heavy atom. The van der Waals surface area contributed by atoms with Gasteiger partial charge in [0.15, 0.2) is 0 Å². The Morgan fingerprint density at radius 1 is 1.35 bits per heavy atom. The molecule has 3 nitrogen and oxygen atoms in total. The Balaban J connectivity index is 2.28. The van der Waals surface area contributed by atoms with Gasteiger partial charge in [-0.3, -0.25) is 4.79 Å². The van der Waals surface area contributed by atoms with Crippen LogP contribution >= 0.6 is 15.9 Å². The summed E-state index contributed by atoms with van der Waals surface area (Å²) >= 11 is 3.43. The van der Waals surface area contributed by atoms with Crippen LogP contribution < -0.4 is 0 Å². The summed E-state index contributed by atoms with van der Waals surface area (Å²) in [6.07, 6.45) is 1.36. The molecule has 0 aromatic heterocycles. The van der Waals surface area contributed by atoms with Crippen molar-refractivity contribution in [1.82, 2.24) is 0 Å². The lowest BCUT2D eigenvalue weighted by molar-refractivity contribution is -0.142. The van der Waals surface area contributed by atoms with Crippen molar-refractivity contribution in [3.05, 3.63) is 34.3 Å². The van der Waals surface area contributed by atoms with E-state index in [1.165, 1.54) is 0 Å². The molecule has 2 atom stereocenters. The summed E-state index contributed by atoms with van der Waals surface area (Å²) in [6, 6.07) is 7.90. The van der Waals surface area contributed by atoms with E-state index in [0.717, 1.165) is 16.5 Å². The van der Waals surface area contributed by atoms with Gasteiger partial charge in [0.05, 0.1) is 5.92 Å². The van der Waals surface area contributed by atoms with Gasteiger partial charge in [0.2, 0.25) is 0 Å². The van der Waals surface area contributed by atoms with Gasteiger partial charge < -0.3 is 9.84 Å². The predicted octanol–water partition coefficient (Wildman–Crippen LogP) is 3.04. The molecule has 0 bridgehead atoms. The van der Waals surface area contributed by atoms with Crippen molar-refractivity contribution < 1.29 is 14.6 Å². The topological polar surface area (TPSA) is 46.5 Å². The Kier molecular flexibility index (Phi) is 4.18. The quantitative estimate of drug-likeness (QED) is 0.913. The first kappa shape index (κ1) is 12.6. The smallest absolute Gasteiger partial charge is 0.307 e. The zero-order chi connectivity index (χ0) is 12.3. The fourth-order valence-corrected chi connectivity index (χ4v) is 2.77. The number of rotatable bonds is 2. The highest BCUT2D eigenvalue weighted by Gasteiger charge is 2.30. The number of hydrogen-bond acceptors (Lipinski definition) is 2. The van der Waals surface area contributed by atoms with Crippen LogP contribution in [0.5, 0.6) is 0 Å². The van der Waals surface area contributed by atoms with Crippen molar-refractivity contribution in [2.75, 3.05) is 13.2 Å². The van der Waals surface area contributed by atoms with Crippen molar-refractivity contribution in [3.8, 4) is 0 Å². The minimum atomic E-state index is -0.722. The highest BCUT2D eigenvalue weighted by Crippen LogP contribution is 2.34. The Hall–Kier alpha value is -0.870. The monoisotopic (exact) mass is 298 g/mol. The van der Waals surface area contributed by atoms with Gasteiger partial charge in [0.25, 0.3) is 0 Å². The second-order valence-corrected chi connectivity index (χ2v) is 5.21. The standard InChI is InChI=1S/C13H15BrO3/c14-10-3-1-2-9(8-10)11-4-6-17-7-5-12(11)13(15)16/h1-3,8,11-12H,4-7H2,(H,15,16). The Morgan fingerprint density at radius 3 is 2.82 bits per heavy atom. The average Bonchev–Trinajstić information content (AvgIpc) is 2.54. The van der Waals surface area contributed by atoms with Crippen LogP contribution in [0.15, 0.2) is 28.7 Å². The van der Waals surface area contributed by atoms with E-state index < -0.39 is 5.97 Å². The van der Waals surface area contributed by atoms with E-state index in [2.05, 4.69) is 15.9 Å². The Bertz CT molecular complexity index is 405. The van der Waals surface area contributed by atoms with Crippen LogP contribution in [0.2, 0.25) is 0 Å². The van der Waals surface area contributed by atoms with Gasteiger partial charge in [-0.25, -0.2) is 0 Å². The van der Waals surface area contributed by atoms with Crippen molar-refractivity contribution in [2.24, 2.45) is 5.92 Å². The molecule has 1 N–H and O–H groups in total. The largest absolute Gasteiger partial charge is 0.481 e. The summed E-state index contributed by atoms with van der Waals surface area (Å²) in [7, 11) is 0. The first-order chi connectivity index (χ1) is 8.18. The van der Waals surface area contributed by atoms with E-state index in [4.69, 9.17) is 4.74 Å². The van der Waals surface area contributed by atoms with Crippen molar-refractivity contribution in [1.29, 1.82) is 0 Å². The van der Waals surface area contributed by atoms with Crippen LogP contribution in [0.25, 0.3) is 0 Å². The van der Waals surface area contributed by atoms with Gasteiger partial charge in [0.1, 0.15) is 0 Å². The maximum Gasteiger partial charge on any atom is 0.307 e. The zero-order valence-corrected chi connectivity index (χ0v) is 11.0. The first-order valence-electron chi connectivity index (χ1n) is 5.74. The van der Waals surface area contributed by atoms with Crippen LogP contribution in [0.4, 0.5) is 0 Å². The first-order valence-corrected chi connectivity index (χ1v) is 6.54. The SMILES string of the molecule is O=C(O)C1CCOCCC1c1cccc(Br)c1. The highest BCUT2D eigenvalue weighted by molar-refractivity contribution is 9.10. The second-order valence-electron chi connectivity index (χ2n) is 4.30. The summed E-state index contributed by atoms with van der Waals surface area (Å²) in [5.41, 5.74) is 1.08. The third-order valence-corrected chi connectivity index (χ3v) is 3.72. The molecule has 1 aromatic rings. The van der Waals surface area contributed by atoms with Gasteiger partial charge in [-0.2, -0.15) is 0 Å². The molecule has 1 saturated heterocycles. The van der Waals surface area contributed by atoms with Gasteiger partial charge in [-0.15, -0.1) is 0 Å². The molecular weight excluding hydrogens is 284 g/mol.